The summed E-state index contributed by atoms with van der Waals surface area (Å²) in [5.41, 5.74) is 2.81. The van der Waals surface area contributed by atoms with E-state index in [4.69, 9.17) is 14.7 Å². The molecular formula is C24H26FN5O2. The fourth-order valence-corrected chi connectivity index (χ4v) is 3.61. The van der Waals surface area contributed by atoms with Crippen molar-refractivity contribution >= 4 is 17.6 Å². The number of rotatable bonds is 4. The fourth-order valence-electron chi connectivity index (χ4n) is 3.61. The molecule has 32 heavy (non-hydrogen) atoms. The largest absolute Gasteiger partial charge is 0.444 e. The summed E-state index contributed by atoms with van der Waals surface area (Å²) in [7, 11) is 0. The minimum absolute atomic E-state index is 0.0982. The molecule has 1 amide bonds. The van der Waals surface area contributed by atoms with Crippen molar-refractivity contribution < 1.29 is 13.9 Å². The highest BCUT2D eigenvalue weighted by Crippen LogP contribution is 2.30. The van der Waals surface area contributed by atoms with Gasteiger partial charge in [-0.3, -0.25) is 4.98 Å². The summed E-state index contributed by atoms with van der Waals surface area (Å²) in [6.45, 7) is 5.50. The monoisotopic (exact) mass is 435 g/mol. The van der Waals surface area contributed by atoms with Gasteiger partial charge in [-0.05, 0) is 76.4 Å². The zero-order chi connectivity index (χ0) is 22.7. The molecule has 7 nitrogen and oxygen atoms in total. The third kappa shape index (κ3) is 5.38. The number of benzene rings is 1. The van der Waals surface area contributed by atoms with Gasteiger partial charge in [-0.25, -0.2) is 19.2 Å². The van der Waals surface area contributed by atoms with Gasteiger partial charge in [0.05, 0.1) is 0 Å². The predicted molar refractivity (Wildman–Crippen MR) is 120 cm³/mol. The number of ether oxygens (including phenoxy) is 1. The summed E-state index contributed by atoms with van der Waals surface area (Å²) in [6, 6.07) is 9.76. The molecule has 2 aromatic heterocycles. The molecule has 0 radical (unpaired) electrons. The number of nitrogens with zero attached hydrogens (tertiary/aromatic N) is 3. The van der Waals surface area contributed by atoms with Gasteiger partial charge in [-0.2, -0.15) is 0 Å². The van der Waals surface area contributed by atoms with Crippen LogP contribution in [0.4, 0.5) is 20.7 Å². The van der Waals surface area contributed by atoms with Crippen molar-refractivity contribution in [3.63, 3.8) is 0 Å². The zero-order valence-corrected chi connectivity index (χ0v) is 18.4. The maximum Gasteiger partial charge on any atom is 0.407 e. The second-order valence-corrected chi connectivity index (χ2v) is 8.78. The molecule has 0 saturated heterocycles. The van der Waals surface area contributed by atoms with Crippen LogP contribution in [0.15, 0.2) is 48.8 Å². The Morgan fingerprint density at radius 1 is 1.16 bits per heavy atom. The molecule has 3 aromatic rings. The minimum Gasteiger partial charge on any atom is -0.444 e. The maximum atomic E-state index is 13.4. The number of anilines is 2. The molecule has 0 spiro atoms. The molecule has 0 unspecified atom stereocenters. The number of hydrogen-bond donors (Lipinski definition) is 2. The van der Waals surface area contributed by atoms with Crippen LogP contribution in [0.2, 0.25) is 0 Å². The number of alkyl carbamates (subject to hydrolysis) is 1. The Morgan fingerprint density at radius 2 is 1.94 bits per heavy atom. The lowest BCUT2D eigenvalue weighted by molar-refractivity contribution is 0.0500. The molecule has 0 bridgehead atoms. The van der Waals surface area contributed by atoms with Gasteiger partial charge in [0.15, 0.2) is 5.82 Å². The first kappa shape index (κ1) is 21.7. The van der Waals surface area contributed by atoms with E-state index in [1.807, 2.05) is 32.9 Å². The lowest BCUT2D eigenvalue weighted by Gasteiger charge is -2.28. The van der Waals surface area contributed by atoms with Crippen molar-refractivity contribution in [2.24, 2.45) is 0 Å². The summed E-state index contributed by atoms with van der Waals surface area (Å²) in [4.78, 5) is 26.0. The maximum absolute atomic E-state index is 13.4. The number of halogens is 1. The van der Waals surface area contributed by atoms with Crippen molar-refractivity contribution in [1.29, 1.82) is 0 Å². The molecule has 1 aliphatic rings. The Labute approximate surface area is 186 Å². The molecule has 0 aliphatic heterocycles. The van der Waals surface area contributed by atoms with Crippen molar-refractivity contribution in [3.8, 4) is 11.4 Å². The molecule has 2 N–H and O–H groups in total. The van der Waals surface area contributed by atoms with Crippen LogP contribution < -0.4 is 10.6 Å². The quantitative estimate of drug-likeness (QED) is 0.612. The Kier molecular flexibility index (Phi) is 6.03. The summed E-state index contributed by atoms with van der Waals surface area (Å²) in [5.74, 6) is 0.897. The van der Waals surface area contributed by atoms with Gasteiger partial charge in [0, 0.05) is 40.9 Å². The van der Waals surface area contributed by atoms with Crippen molar-refractivity contribution in [3.05, 3.63) is 65.9 Å². The number of carbonyl (C=O) groups is 1. The number of aryl methyl sites for hydroxylation is 1. The summed E-state index contributed by atoms with van der Waals surface area (Å²) < 4.78 is 18.8. The van der Waals surface area contributed by atoms with Crippen LogP contribution in [0, 0.1) is 5.82 Å². The van der Waals surface area contributed by atoms with Crippen LogP contribution in [-0.2, 0) is 17.6 Å². The van der Waals surface area contributed by atoms with E-state index in [1.54, 1.807) is 24.5 Å². The van der Waals surface area contributed by atoms with E-state index in [2.05, 4.69) is 15.6 Å². The van der Waals surface area contributed by atoms with E-state index < -0.39 is 11.7 Å². The van der Waals surface area contributed by atoms with Gasteiger partial charge in [0.1, 0.15) is 17.2 Å². The first-order valence-electron chi connectivity index (χ1n) is 10.6. The van der Waals surface area contributed by atoms with Crippen LogP contribution in [0.25, 0.3) is 11.4 Å². The van der Waals surface area contributed by atoms with Gasteiger partial charge in [-0.1, -0.05) is 0 Å². The number of aromatic nitrogens is 3. The van der Waals surface area contributed by atoms with E-state index in [-0.39, 0.29) is 11.9 Å². The van der Waals surface area contributed by atoms with Gasteiger partial charge < -0.3 is 15.4 Å². The fraction of sp³-hybridized carbons (Fsp3) is 0.333. The van der Waals surface area contributed by atoms with Gasteiger partial charge in [-0.15, -0.1) is 0 Å². The minimum atomic E-state index is -0.562. The number of carbonyl (C=O) groups excluding carboxylic acids is 1. The second-order valence-electron chi connectivity index (χ2n) is 8.78. The van der Waals surface area contributed by atoms with Crippen molar-refractivity contribution in [2.45, 2.75) is 51.7 Å². The normalized spacial score (nSPS) is 15.6. The zero-order valence-electron chi connectivity index (χ0n) is 18.4. The Balaban J connectivity index is 1.64. The highest BCUT2D eigenvalue weighted by atomic mass is 19.1. The number of fused-ring (bicyclic) bond motifs is 1. The standard InChI is InChI=1S/C24H26FN5O2/c1-24(2,3)32-23(31)28-18-10-11-20-19(13-18)22(27-17-8-6-16(25)7-9-17)30-21(29-20)15-5-4-12-26-14-15/h4-9,12,14,18H,10-11,13H2,1-3H3,(H,28,31)(H,27,29,30)/t18-/m1/s1. The number of pyridine rings is 1. The molecule has 0 saturated carbocycles. The van der Waals surface area contributed by atoms with Crippen LogP contribution >= 0.6 is 0 Å². The van der Waals surface area contributed by atoms with Crippen LogP contribution in [-0.4, -0.2) is 32.7 Å². The summed E-state index contributed by atoms with van der Waals surface area (Å²) in [5, 5.41) is 6.26. The summed E-state index contributed by atoms with van der Waals surface area (Å²) in [6.07, 6.45) is 4.97. The van der Waals surface area contributed by atoms with E-state index in [1.165, 1.54) is 12.1 Å². The second kappa shape index (κ2) is 8.90. The van der Waals surface area contributed by atoms with E-state index in [0.717, 1.165) is 23.2 Å². The molecular weight excluding hydrogens is 409 g/mol. The first-order chi connectivity index (χ1) is 15.3. The first-order valence-corrected chi connectivity index (χ1v) is 10.6. The molecule has 8 heteroatoms. The topological polar surface area (TPSA) is 89.0 Å². The smallest absolute Gasteiger partial charge is 0.407 e. The van der Waals surface area contributed by atoms with Crippen molar-refractivity contribution in [1.82, 2.24) is 20.3 Å². The number of amides is 1. The third-order valence-electron chi connectivity index (χ3n) is 5.02. The number of hydrogen-bond acceptors (Lipinski definition) is 6. The van der Waals surface area contributed by atoms with Crippen molar-refractivity contribution in [2.75, 3.05) is 5.32 Å². The van der Waals surface area contributed by atoms with E-state index in [9.17, 15) is 9.18 Å². The SMILES string of the molecule is CC(C)(C)OC(=O)N[C@@H]1CCc2nc(-c3cccnc3)nc(Nc3ccc(F)cc3)c2C1. The van der Waals surface area contributed by atoms with Gasteiger partial charge in [0.2, 0.25) is 0 Å². The lowest BCUT2D eigenvalue weighted by Crippen LogP contribution is -2.42. The van der Waals surface area contributed by atoms with Crippen LogP contribution in [0.1, 0.15) is 38.4 Å². The number of nitrogens with one attached hydrogen (secondary N) is 2. The average Bonchev–Trinajstić information content (AvgIpc) is 2.75. The molecule has 4 rings (SSSR count). The van der Waals surface area contributed by atoms with Gasteiger partial charge >= 0.3 is 6.09 Å². The molecule has 1 aromatic carbocycles. The third-order valence-corrected chi connectivity index (χ3v) is 5.02. The Bertz CT molecular complexity index is 1100. The predicted octanol–water partition coefficient (Wildman–Crippen LogP) is 4.80. The molecule has 2 heterocycles. The Morgan fingerprint density at radius 3 is 2.62 bits per heavy atom. The highest BCUT2D eigenvalue weighted by Gasteiger charge is 2.27. The summed E-state index contributed by atoms with van der Waals surface area (Å²) >= 11 is 0. The van der Waals surface area contributed by atoms with Gasteiger partial charge in [0.25, 0.3) is 0 Å². The van der Waals surface area contributed by atoms with Crippen LogP contribution in [0.3, 0.4) is 0 Å². The average molecular weight is 436 g/mol. The highest BCUT2D eigenvalue weighted by molar-refractivity contribution is 5.69. The van der Waals surface area contributed by atoms with E-state index >= 15 is 0 Å². The molecule has 1 aliphatic carbocycles. The van der Waals surface area contributed by atoms with Crippen LogP contribution in [0.5, 0.6) is 0 Å². The molecule has 166 valence electrons. The molecule has 1 atom stereocenters. The Hall–Kier alpha value is -3.55. The lowest BCUT2D eigenvalue weighted by atomic mass is 9.91. The van der Waals surface area contributed by atoms with E-state index in [0.29, 0.717) is 30.2 Å². The molecule has 0 fully saturated rings.